The summed E-state index contributed by atoms with van der Waals surface area (Å²) < 4.78 is 9.45. The van der Waals surface area contributed by atoms with Crippen molar-refractivity contribution in [2.24, 2.45) is 0 Å². The Morgan fingerprint density at radius 2 is 0.896 bits per heavy atom. The normalized spacial score (nSPS) is 13.5. The molecule has 1 aromatic heterocycles. The maximum Gasteiger partial charge on any atom is 0.252 e. The maximum absolute atomic E-state index is 8.26. The van der Waals surface area contributed by atoms with Gasteiger partial charge in [0.1, 0.15) is 11.5 Å². The molecule has 450 valence electrons. The Morgan fingerprint density at radius 3 is 1.52 bits per heavy atom. The summed E-state index contributed by atoms with van der Waals surface area (Å²) in [5.74, 6) is 1.72. The highest BCUT2D eigenvalue weighted by molar-refractivity contribution is 7.00. The van der Waals surface area contributed by atoms with Gasteiger partial charge in [0.15, 0.2) is 5.69 Å². The van der Waals surface area contributed by atoms with Crippen LogP contribution in [0.5, 0.6) is 11.5 Å². The number of anilines is 6. The zero-order chi connectivity index (χ0) is 64.0. The fourth-order valence-corrected chi connectivity index (χ4v) is 16.6. The molecule has 0 radical (unpaired) electrons. The van der Waals surface area contributed by atoms with Gasteiger partial charge in [-0.15, -0.1) is 0 Å². The molecular formula is C90H61BN4O. The first kappa shape index (κ1) is 55.5. The fourth-order valence-electron chi connectivity index (χ4n) is 16.6. The van der Waals surface area contributed by atoms with Crippen LogP contribution in [0.3, 0.4) is 0 Å². The molecule has 6 heteroatoms. The molecule has 0 saturated heterocycles. The second-order valence-electron chi connectivity index (χ2n) is 27.0. The van der Waals surface area contributed by atoms with Gasteiger partial charge in [-0.1, -0.05) is 263 Å². The number of hydrogen-bond acceptors (Lipinski definition) is 3. The molecule has 0 N–H and O–H groups in total. The van der Waals surface area contributed by atoms with Gasteiger partial charge in [-0.25, -0.2) is 4.85 Å². The van der Waals surface area contributed by atoms with Crippen LogP contribution in [0.15, 0.2) is 315 Å². The number of rotatable bonds is 7. The molecule has 96 heavy (non-hydrogen) atoms. The highest BCUT2D eigenvalue weighted by Gasteiger charge is 2.54. The van der Waals surface area contributed by atoms with E-state index in [0.717, 1.165) is 129 Å². The second-order valence-corrected chi connectivity index (χ2v) is 27.0. The van der Waals surface area contributed by atoms with Crippen LogP contribution in [0.2, 0.25) is 0 Å². The quantitative estimate of drug-likeness (QED) is 0.117. The van der Waals surface area contributed by atoms with Gasteiger partial charge >= 0.3 is 0 Å². The van der Waals surface area contributed by atoms with Crippen molar-refractivity contribution in [3.05, 3.63) is 355 Å². The van der Waals surface area contributed by atoms with Gasteiger partial charge in [-0.3, -0.25) is 0 Å². The van der Waals surface area contributed by atoms with Crippen LogP contribution in [-0.2, 0) is 10.8 Å². The second kappa shape index (κ2) is 21.2. The molecule has 0 saturated carbocycles. The van der Waals surface area contributed by atoms with E-state index in [1.54, 1.807) is 0 Å². The number of nitrogens with zero attached hydrogens (tertiary/aromatic N) is 4. The fraction of sp³-hybridized carbons (Fsp3) is 0.0556. The van der Waals surface area contributed by atoms with Crippen LogP contribution in [-0.4, -0.2) is 11.3 Å². The minimum absolute atomic E-state index is 0.206. The lowest BCUT2D eigenvalue weighted by Gasteiger charge is -2.46. The Bertz CT molecular complexity index is 5600. The topological polar surface area (TPSA) is 25.0 Å². The summed E-state index contributed by atoms with van der Waals surface area (Å²) in [6, 6.07) is 117. The highest BCUT2D eigenvalue weighted by Crippen LogP contribution is 2.63. The highest BCUT2D eigenvalue weighted by atomic mass is 16.5. The van der Waals surface area contributed by atoms with E-state index in [0.29, 0.717) is 5.69 Å². The molecule has 15 aromatic rings. The van der Waals surface area contributed by atoms with E-state index in [1.165, 1.54) is 44.2 Å². The van der Waals surface area contributed by atoms with Crippen LogP contribution in [0, 0.1) is 6.57 Å². The molecule has 19 rings (SSSR count). The van der Waals surface area contributed by atoms with Crippen LogP contribution in [0.4, 0.5) is 39.8 Å². The van der Waals surface area contributed by atoms with Crippen LogP contribution < -0.4 is 30.9 Å². The van der Waals surface area contributed by atoms with Crippen molar-refractivity contribution in [2.45, 2.75) is 31.6 Å². The van der Waals surface area contributed by atoms with Crippen molar-refractivity contribution in [2.75, 3.05) is 9.80 Å². The summed E-state index contributed by atoms with van der Waals surface area (Å²) in [6.45, 7) is 15.0. The average molecular weight is 1230 g/mol. The Balaban J connectivity index is 1.02. The monoisotopic (exact) mass is 1220 g/mol. The summed E-state index contributed by atoms with van der Waals surface area (Å²) in [4.78, 5) is 9.27. The predicted octanol–water partition coefficient (Wildman–Crippen LogP) is 21.9. The molecule has 3 aliphatic heterocycles. The van der Waals surface area contributed by atoms with Crippen LogP contribution in [0.1, 0.15) is 48.6 Å². The molecule has 5 nitrogen and oxygen atoms in total. The van der Waals surface area contributed by atoms with E-state index >= 15 is 0 Å². The Kier molecular flexibility index (Phi) is 12.2. The van der Waals surface area contributed by atoms with E-state index in [4.69, 9.17) is 11.3 Å². The number of benzene rings is 14. The SMILES string of the molecule is [C-]#[N+]c1ccc2c(c1)c1ccccc1n2-c1cc2c3c(c1)N(c1c(-c4ccccc4)cccc1-c1ccccc1)c1ccc(C(C)(C)C)cc1B3c1cc3c(cc1N2c1cc(-c2ccccc2)cc(-c2ccccc2)c1)-c1ccccc1C31c2ccccc2Oc2ccccc21. The Hall–Kier alpha value is -12.2. The third-order valence-electron chi connectivity index (χ3n) is 20.7. The lowest BCUT2D eigenvalue weighted by atomic mass is 9.33. The van der Waals surface area contributed by atoms with Crippen molar-refractivity contribution in [1.82, 2.24) is 4.57 Å². The van der Waals surface area contributed by atoms with Gasteiger partial charge in [-0.05, 0) is 161 Å². The van der Waals surface area contributed by atoms with Gasteiger partial charge in [-0.2, -0.15) is 0 Å². The first-order chi connectivity index (χ1) is 47.2. The van der Waals surface area contributed by atoms with E-state index in [1.807, 2.05) is 6.07 Å². The molecule has 0 amide bonds. The standard InChI is InChI=1S/C90H61BN4O/c1-89(2,3)63-44-46-81-77(51-63)91-78-56-76-71(69-34-17-19-38-73(69)90(76)74-39-20-23-42-85(74)96-86-43-24-21-40-75(86)90)55-82(78)94(65-49-61(57-26-9-5-10-27-57)48-62(50-65)58-28-11-6-12-29-58)83-53-66(93-79-41-22-18-35-70(79)72-52-64(92-4)45-47-80(72)93)54-84(87(83)91)95(81)88-67(59-30-13-7-14-31-59)36-25-37-68(88)60-32-15-8-16-33-60/h5-56H,1-3H3. The van der Waals surface area contributed by atoms with Gasteiger partial charge in [0, 0.05) is 56.1 Å². The molecule has 4 aliphatic rings. The number of ether oxygens (including phenoxy) is 1. The van der Waals surface area contributed by atoms with Crippen molar-refractivity contribution in [3.63, 3.8) is 0 Å². The van der Waals surface area contributed by atoms with E-state index in [2.05, 4.69) is 349 Å². The van der Waals surface area contributed by atoms with Gasteiger partial charge < -0.3 is 19.1 Å². The summed E-state index contributed by atoms with van der Waals surface area (Å²) >= 11 is 0. The molecule has 1 spiro atoms. The largest absolute Gasteiger partial charge is 0.457 e. The van der Waals surface area contributed by atoms with Gasteiger partial charge in [0.05, 0.1) is 34.4 Å². The van der Waals surface area contributed by atoms with Crippen molar-refractivity contribution >= 4 is 84.7 Å². The summed E-state index contributed by atoms with van der Waals surface area (Å²) in [5.41, 5.74) is 30.3. The Morgan fingerprint density at radius 1 is 0.365 bits per heavy atom. The molecule has 14 aromatic carbocycles. The average Bonchev–Trinajstić information content (AvgIpc) is 1.34. The molecular weight excluding hydrogens is 1160 g/mol. The van der Waals surface area contributed by atoms with Crippen molar-refractivity contribution in [3.8, 4) is 72.8 Å². The molecule has 1 aliphatic carbocycles. The van der Waals surface area contributed by atoms with Crippen LogP contribution in [0.25, 0.3) is 88.0 Å². The molecule has 0 bridgehead atoms. The molecule has 0 fully saturated rings. The summed E-state index contributed by atoms with van der Waals surface area (Å²) in [6.07, 6.45) is 0. The minimum Gasteiger partial charge on any atom is -0.457 e. The third-order valence-corrected chi connectivity index (χ3v) is 20.7. The maximum atomic E-state index is 8.26. The van der Waals surface area contributed by atoms with Crippen LogP contribution >= 0.6 is 0 Å². The first-order valence-corrected chi connectivity index (χ1v) is 33.2. The van der Waals surface area contributed by atoms with Crippen molar-refractivity contribution in [1.29, 1.82) is 0 Å². The Labute approximate surface area is 559 Å². The van der Waals surface area contributed by atoms with Crippen molar-refractivity contribution < 1.29 is 4.74 Å². The lowest BCUT2D eigenvalue weighted by Crippen LogP contribution is -2.62. The number of para-hydroxylation sites is 4. The molecule has 0 unspecified atom stereocenters. The zero-order valence-corrected chi connectivity index (χ0v) is 53.3. The van der Waals surface area contributed by atoms with Gasteiger partial charge in [0.2, 0.25) is 0 Å². The van der Waals surface area contributed by atoms with E-state index < -0.39 is 5.41 Å². The molecule has 0 atom stereocenters. The smallest absolute Gasteiger partial charge is 0.252 e. The zero-order valence-electron chi connectivity index (χ0n) is 53.3. The molecule has 4 heterocycles. The number of aromatic nitrogens is 1. The predicted molar refractivity (Wildman–Crippen MR) is 399 cm³/mol. The lowest BCUT2D eigenvalue weighted by molar-refractivity contribution is 0.436. The number of fused-ring (bicyclic) bond motifs is 16. The van der Waals surface area contributed by atoms with E-state index in [9.17, 15) is 0 Å². The summed E-state index contributed by atoms with van der Waals surface area (Å²) in [5, 5.41) is 2.12. The number of hydrogen-bond donors (Lipinski definition) is 0. The van der Waals surface area contributed by atoms with E-state index in [-0.39, 0.29) is 12.1 Å². The minimum atomic E-state index is -0.739. The summed E-state index contributed by atoms with van der Waals surface area (Å²) in [7, 11) is 0. The van der Waals surface area contributed by atoms with Gasteiger partial charge in [0.25, 0.3) is 6.71 Å². The third kappa shape index (κ3) is 8.17. The first-order valence-electron chi connectivity index (χ1n) is 33.2.